The Morgan fingerprint density at radius 3 is 2.68 bits per heavy atom. The monoisotopic (exact) mass is 283 g/mol. The van der Waals surface area contributed by atoms with E-state index in [1.807, 2.05) is 0 Å². The van der Waals surface area contributed by atoms with Gasteiger partial charge in [0.05, 0.1) is 18.7 Å². The van der Waals surface area contributed by atoms with E-state index >= 15 is 0 Å². The minimum absolute atomic E-state index is 0.121. The van der Waals surface area contributed by atoms with Crippen LogP contribution in [0.3, 0.4) is 0 Å². The molecule has 2 rings (SSSR count). The molecular formula is C14H18ClNO3. The number of carbonyl (C=O) groups is 1. The van der Waals surface area contributed by atoms with Crippen molar-refractivity contribution in [3.8, 4) is 5.75 Å². The van der Waals surface area contributed by atoms with Crippen LogP contribution in [0.4, 0.5) is 0 Å². The van der Waals surface area contributed by atoms with Crippen LogP contribution in [0.1, 0.15) is 25.3 Å². The van der Waals surface area contributed by atoms with E-state index in [0.29, 0.717) is 22.9 Å². The molecule has 5 heteroatoms. The van der Waals surface area contributed by atoms with Gasteiger partial charge in [-0.15, -0.1) is 0 Å². The molecule has 0 heterocycles. The topological polar surface area (TPSA) is 61.5 Å². The van der Waals surface area contributed by atoms with Crippen LogP contribution in [-0.2, 0) is 15.1 Å². The fourth-order valence-electron chi connectivity index (χ4n) is 2.23. The van der Waals surface area contributed by atoms with E-state index in [9.17, 15) is 4.79 Å². The highest BCUT2D eigenvalue weighted by Crippen LogP contribution is 2.46. The summed E-state index contributed by atoms with van der Waals surface area (Å²) in [7, 11) is 1.54. The highest BCUT2D eigenvalue weighted by Gasteiger charge is 2.50. The van der Waals surface area contributed by atoms with Crippen LogP contribution in [-0.4, -0.2) is 19.7 Å². The molecule has 4 nitrogen and oxygen atoms in total. The molecule has 1 aromatic carbocycles. The first-order valence-electron chi connectivity index (χ1n) is 6.34. The molecule has 0 aliphatic heterocycles. The number of halogens is 1. The first kappa shape index (κ1) is 14.2. The minimum Gasteiger partial charge on any atom is -0.495 e. The average molecular weight is 284 g/mol. The van der Waals surface area contributed by atoms with Gasteiger partial charge in [-0.1, -0.05) is 17.7 Å². The summed E-state index contributed by atoms with van der Waals surface area (Å²) in [6.07, 6.45) is 1.86. The van der Waals surface area contributed by atoms with Gasteiger partial charge in [-0.3, -0.25) is 0 Å². The van der Waals surface area contributed by atoms with E-state index in [-0.39, 0.29) is 5.92 Å². The largest absolute Gasteiger partial charge is 0.495 e. The number of hydrogen-bond acceptors (Lipinski definition) is 4. The third-order valence-electron chi connectivity index (χ3n) is 3.46. The molecule has 1 aliphatic carbocycles. The molecule has 19 heavy (non-hydrogen) atoms. The Morgan fingerprint density at radius 2 is 2.21 bits per heavy atom. The molecule has 1 aliphatic rings. The number of hydrogen-bond donors (Lipinski definition) is 1. The summed E-state index contributed by atoms with van der Waals surface area (Å²) in [6.45, 7) is 2.08. The fraction of sp³-hybridized carbons (Fsp3) is 0.500. The lowest BCUT2D eigenvalue weighted by Crippen LogP contribution is -2.48. The summed E-state index contributed by atoms with van der Waals surface area (Å²) in [4.78, 5) is 12.2. The van der Waals surface area contributed by atoms with Gasteiger partial charge in [-0.25, -0.2) is 4.79 Å². The predicted molar refractivity (Wildman–Crippen MR) is 73.2 cm³/mol. The minimum atomic E-state index is -1.11. The highest BCUT2D eigenvalue weighted by molar-refractivity contribution is 6.32. The van der Waals surface area contributed by atoms with Crippen molar-refractivity contribution in [1.29, 1.82) is 0 Å². The van der Waals surface area contributed by atoms with Crippen molar-refractivity contribution < 1.29 is 14.3 Å². The zero-order valence-electron chi connectivity index (χ0n) is 11.1. The molecule has 1 fully saturated rings. The molecule has 1 aromatic rings. The van der Waals surface area contributed by atoms with Crippen LogP contribution in [0, 0.1) is 5.92 Å². The zero-order valence-corrected chi connectivity index (χ0v) is 11.9. The zero-order chi connectivity index (χ0) is 14.0. The van der Waals surface area contributed by atoms with Gasteiger partial charge < -0.3 is 15.2 Å². The van der Waals surface area contributed by atoms with Gasteiger partial charge in [0.1, 0.15) is 11.3 Å². The van der Waals surface area contributed by atoms with Crippen molar-refractivity contribution >= 4 is 17.6 Å². The fourth-order valence-corrected chi connectivity index (χ4v) is 2.49. The van der Waals surface area contributed by atoms with Crippen molar-refractivity contribution in [2.45, 2.75) is 25.3 Å². The summed E-state index contributed by atoms with van der Waals surface area (Å²) < 4.78 is 10.2. The molecule has 0 saturated heterocycles. The van der Waals surface area contributed by atoms with Crippen LogP contribution in [0.15, 0.2) is 18.2 Å². The molecule has 1 atom stereocenters. The molecule has 0 spiro atoms. The molecule has 1 saturated carbocycles. The van der Waals surface area contributed by atoms with Gasteiger partial charge in [-0.2, -0.15) is 0 Å². The number of methoxy groups -OCH3 is 1. The Labute approximate surface area is 117 Å². The normalized spacial score (nSPS) is 17.7. The Hall–Kier alpha value is -1.26. The van der Waals surface area contributed by atoms with E-state index in [0.717, 1.165) is 12.8 Å². The van der Waals surface area contributed by atoms with Gasteiger partial charge in [0, 0.05) is 0 Å². The van der Waals surface area contributed by atoms with E-state index in [4.69, 9.17) is 26.8 Å². The molecule has 0 amide bonds. The van der Waals surface area contributed by atoms with Crippen LogP contribution >= 0.6 is 11.6 Å². The molecule has 1 unspecified atom stereocenters. The lowest BCUT2D eigenvalue weighted by atomic mass is 9.86. The number of rotatable bonds is 5. The lowest BCUT2D eigenvalue weighted by Gasteiger charge is -2.28. The number of esters is 1. The van der Waals surface area contributed by atoms with Crippen molar-refractivity contribution in [1.82, 2.24) is 0 Å². The number of nitrogens with two attached hydrogens (primary N) is 1. The van der Waals surface area contributed by atoms with Gasteiger partial charge in [-0.05, 0) is 43.4 Å². The first-order valence-corrected chi connectivity index (χ1v) is 6.72. The molecule has 0 bridgehead atoms. The maximum atomic E-state index is 12.2. The second-order valence-electron chi connectivity index (χ2n) is 4.71. The second-order valence-corrected chi connectivity index (χ2v) is 5.12. The first-order chi connectivity index (χ1) is 9.03. The van der Waals surface area contributed by atoms with E-state index in [2.05, 4.69) is 0 Å². The van der Waals surface area contributed by atoms with Gasteiger partial charge in [0.2, 0.25) is 0 Å². The summed E-state index contributed by atoms with van der Waals surface area (Å²) >= 11 is 6.11. The van der Waals surface area contributed by atoms with E-state index < -0.39 is 11.5 Å². The van der Waals surface area contributed by atoms with Crippen LogP contribution in [0.25, 0.3) is 0 Å². The van der Waals surface area contributed by atoms with Crippen LogP contribution < -0.4 is 10.5 Å². The number of carbonyl (C=O) groups excluding carboxylic acids is 1. The molecule has 104 valence electrons. The third kappa shape index (κ3) is 2.55. The van der Waals surface area contributed by atoms with Gasteiger partial charge >= 0.3 is 5.97 Å². The van der Waals surface area contributed by atoms with E-state index in [1.165, 1.54) is 0 Å². The quantitative estimate of drug-likeness (QED) is 0.843. The average Bonchev–Trinajstić information content (AvgIpc) is 3.22. The number of ether oxygens (including phenoxy) is 2. The molecular weight excluding hydrogens is 266 g/mol. The van der Waals surface area contributed by atoms with Crippen molar-refractivity contribution in [2.75, 3.05) is 13.7 Å². The van der Waals surface area contributed by atoms with Crippen molar-refractivity contribution in [3.63, 3.8) is 0 Å². The standard InChI is InChI=1S/C14H18ClNO3/c1-3-19-13(17)14(16,9-4-5-9)10-6-7-12(18-2)11(15)8-10/h6-9H,3-5,16H2,1-2H3. The van der Waals surface area contributed by atoms with Gasteiger partial charge in [0.25, 0.3) is 0 Å². The van der Waals surface area contributed by atoms with E-state index in [1.54, 1.807) is 32.2 Å². The van der Waals surface area contributed by atoms with Crippen LogP contribution in [0.5, 0.6) is 5.75 Å². The Balaban J connectivity index is 2.39. The summed E-state index contributed by atoms with van der Waals surface area (Å²) in [6, 6.07) is 5.19. The lowest BCUT2D eigenvalue weighted by molar-refractivity contribution is -0.151. The molecule has 0 radical (unpaired) electrons. The smallest absolute Gasteiger partial charge is 0.331 e. The Kier molecular flexibility index (Phi) is 4.02. The third-order valence-corrected chi connectivity index (χ3v) is 3.76. The summed E-state index contributed by atoms with van der Waals surface area (Å²) in [5, 5.41) is 0.444. The van der Waals surface area contributed by atoms with Crippen LogP contribution in [0.2, 0.25) is 5.02 Å². The van der Waals surface area contributed by atoms with Crippen molar-refractivity contribution in [2.24, 2.45) is 11.7 Å². The number of benzene rings is 1. The second kappa shape index (κ2) is 5.39. The molecule has 0 aromatic heterocycles. The summed E-state index contributed by atoms with van der Waals surface area (Å²) in [5.41, 5.74) is 5.92. The SMILES string of the molecule is CCOC(=O)C(N)(c1ccc(OC)c(Cl)c1)C1CC1. The predicted octanol–water partition coefficient (Wildman–Crippen LogP) is 2.48. The Morgan fingerprint density at radius 1 is 1.53 bits per heavy atom. The molecule has 2 N–H and O–H groups in total. The highest BCUT2D eigenvalue weighted by atomic mass is 35.5. The summed E-state index contributed by atoms with van der Waals surface area (Å²) in [5.74, 6) is 0.294. The maximum Gasteiger partial charge on any atom is 0.331 e. The Bertz CT molecular complexity index is 488. The van der Waals surface area contributed by atoms with Gasteiger partial charge in [0.15, 0.2) is 0 Å². The van der Waals surface area contributed by atoms with Crippen molar-refractivity contribution in [3.05, 3.63) is 28.8 Å². The maximum absolute atomic E-state index is 12.2.